The molecule has 0 saturated carbocycles. The fourth-order valence-corrected chi connectivity index (χ4v) is 3.00. The first kappa shape index (κ1) is 21.4. The Hall–Kier alpha value is -2.89. The summed E-state index contributed by atoms with van der Waals surface area (Å²) in [5.41, 5.74) is 2.00. The molecule has 0 N–H and O–H groups in total. The van der Waals surface area contributed by atoms with Gasteiger partial charge in [0.15, 0.2) is 11.5 Å². The summed E-state index contributed by atoms with van der Waals surface area (Å²) < 4.78 is 21.2. The minimum atomic E-state index is 0.0964. The van der Waals surface area contributed by atoms with E-state index in [0.717, 1.165) is 22.6 Å². The molecule has 0 atom stereocenters. The molecule has 0 unspecified atom stereocenters. The van der Waals surface area contributed by atoms with Gasteiger partial charge in [0.2, 0.25) is 5.91 Å². The van der Waals surface area contributed by atoms with Crippen LogP contribution in [0.5, 0.6) is 23.0 Å². The van der Waals surface area contributed by atoms with Crippen molar-refractivity contribution in [3.63, 3.8) is 0 Å². The topological polar surface area (TPSA) is 57.2 Å². The second-order valence-corrected chi connectivity index (χ2v) is 6.32. The zero-order chi connectivity index (χ0) is 20.5. The average Bonchev–Trinajstić information content (AvgIpc) is 2.75. The van der Waals surface area contributed by atoms with Crippen LogP contribution in [0.3, 0.4) is 0 Å². The molecule has 0 aliphatic rings. The summed E-state index contributed by atoms with van der Waals surface area (Å²) in [7, 11) is 6.44. The molecule has 1 amide bonds. The lowest BCUT2D eigenvalue weighted by atomic mass is 10.1. The molecule has 2 aromatic rings. The molecule has 28 heavy (non-hydrogen) atoms. The normalized spacial score (nSPS) is 10.3. The van der Waals surface area contributed by atoms with Crippen LogP contribution in [0, 0.1) is 0 Å². The lowest BCUT2D eigenvalue weighted by molar-refractivity contribution is -0.131. The van der Waals surface area contributed by atoms with E-state index in [1.165, 1.54) is 0 Å². The summed E-state index contributed by atoms with van der Waals surface area (Å²) in [6.45, 7) is 3.14. The maximum Gasteiger partial charge on any atom is 0.223 e. The standard InChI is InChI=1S/C22H29NO5/c1-6-23(15-17-7-9-20(27-4)21(13-17)28-5)22(24)10-8-16-11-18(25-2)14-19(12-16)26-3/h7,9,11-14H,6,8,10,15H2,1-5H3. The van der Waals surface area contributed by atoms with E-state index in [9.17, 15) is 4.79 Å². The molecule has 6 nitrogen and oxygen atoms in total. The fourth-order valence-electron chi connectivity index (χ4n) is 3.00. The highest BCUT2D eigenvalue weighted by molar-refractivity contribution is 5.76. The number of hydrogen-bond acceptors (Lipinski definition) is 5. The largest absolute Gasteiger partial charge is 0.497 e. The van der Waals surface area contributed by atoms with Crippen molar-refractivity contribution in [2.45, 2.75) is 26.3 Å². The lowest BCUT2D eigenvalue weighted by Crippen LogP contribution is -2.30. The molecular formula is C22H29NO5. The van der Waals surface area contributed by atoms with Gasteiger partial charge in [-0.2, -0.15) is 0 Å². The van der Waals surface area contributed by atoms with E-state index in [1.807, 2.05) is 48.2 Å². The third-order valence-electron chi connectivity index (χ3n) is 4.59. The van der Waals surface area contributed by atoms with E-state index >= 15 is 0 Å². The van der Waals surface area contributed by atoms with Crippen molar-refractivity contribution in [3.05, 3.63) is 47.5 Å². The number of hydrogen-bond donors (Lipinski definition) is 0. The summed E-state index contributed by atoms with van der Waals surface area (Å²) in [5, 5.41) is 0. The number of amides is 1. The highest BCUT2D eigenvalue weighted by Gasteiger charge is 2.14. The highest BCUT2D eigenvalue weighted by Crippen LogP contribution is 2.28. The van der Waals surface area contributed by atoms with E-state index in [1.54, 1.807) is 28.4 Å². The zero-order valence-electron chi connectivity index (χ0n) is 17.3. The number of carbonyl (C=O) groups excluding carboxylic acids is 1. The van der Waals surface area contributed by atoms with Crippen molar-refractivity contribution in [1.29, 1.82) is 0 Å². The van der Waals surface area contributed by atoms with Crippen LogP contribution < -0.4 is 18.9 Å². The molecular weight excluding hydrogens is 358 g/mol. The predicted octanol–water partition coefficient (Wildman–Crippen LogP) is 3.70. The molecule has 0 aliphatic carbocycles. The summed E-state index contributed by atoms with van der Waals surface area (Å²) >= 11 is 0. The van der Waals surface area contributed by atoms with Crippen LogP contribution in [0.4, 0.5) is 0 Å². The first-order chi connectivity index (χ1) is 13.5. The first-order valence-electron chi connectivity index (χ1n) is 9.25. The predicted molar refractivity (Wildman–Crippen MR) is 109 cm³/mol. The first-order valence-corrected chi connectivity index (χ1v) is 9.25. The molecule has 152 valence electrons. The summed E-state index contributed by atoms with van der Waals surface area (Å²) in [5.74, 6) is 2.87. The molecule has 2 aromatic carbocycles. The average molecular weight is 387 g/mol. The molecule has 0 bridgehead atoms. The Morgan fingerprint density at radius 3 is 2.00 bits per heavy atom. The van der Waals surface area contributed by atoms with Crippen molar-refractivity contribution in [1.82, 2.24) is 4.90 Å². The number of rotatable bonds is 10. The molecule has 0 aromatic heterocycles. The Morgan fingerprint density at radius 2 is 1.46 bits per heavy atom. The van der Waals surface area contributed by atoms with Crippen molar-refractivity contribution < 1.29 is 23.7 Å². The van der Waals surface area contributed by atoms with Crippen molar-refractivity contribution >= 4 is 5.91 Å². The van der Waals surface area contributed by atoms with E-state index in [4.69, 9.17) is 18.9 Å². The monoisotopic (exact) mass is 387 g/mol. The summed E-state index contributed by atoms with van der Waals surface area (Å²) in [6, 6.07) is 11.4. The third kappa shape index (κ3) is 5.55. The zero-order valence-corrected chi connectivity index (χ0v) is 17.3. The minimum absolute atomic E-state index is 0.0964. The fraction of sp³-hybridized carbons (Fsp3) is 0.409. The summed E-state index contributed by atoms with van der Waals surface area (Å²) in [6.07, 6.45) is 1.03. The van der Waals surface area contributed by atoms with Crippen LogP contribution in [-0.2, 0) is 17.8 Å². The minimum Gasteiger partial charge on any atom is -0.497 e. The number of nitrogens with zero attached hydrogens (tertiary/aromatic N) is 1. The second-order valence-electron chi connectivity index (χ2n) is 6.32. The van der Waals surface area contributed by atoms with E-state index in [-0.39, 0.29) is 5.91 Å². The third-order valence-corrected chi connectivity index (χ3v) is 4.59. The molecule has 6 heteroatoms. The number of ether oxygens (including phenoxy) is 4. The molecule has 0 radical (unpaired) electrons. The van der Waals surface area contributed by atoms with E-state index < -0.39 is 0 Å². The quantitative estimate of drug-likeness (QED) is 0.622. The molecule has 0 spiro atoms. The maximum absolute atomic E-state index is 12.7. The van der Waals surface area contributed by atoms with Crippen LogP contribution in [0.1, 0.15) is 24.5 Å². The van der Waals surface area contributed by atoms with Crippen molar-refractivity contribution in [2.24, 2.45) is 0 Å². The van der Waals surface area contributed by atoms with Crippen LogP contribution in [0.25, 0.3) is 0 Å². The molecule has 0 aliphatic heterocycles. The number of aryl methyl sites for hydroxylation is 1. The Labute approximate surface area is 167 Å². The van der Waals surface area contributed by atoms with Crippen LogP contribution in [0.2, 0.25) is 0 Å². The van der Waals surface area contributed by atoms with Crippen LogP contribution in [0.15, 0.2) is 36.4 Å². The van der Waals surface area contributed by atoms with Gasteiger partial charge in [-0.15, -0.1) is 0 Å². The smallest absolute Gasteiger partial charge is 0.223 e. The van der Waals surface area contributed by atoms with Gasteiger partial charge in [0, 0.05) is 25.6 Å². The molecule has 2 rings (SSSR count). The van der Waals surface area contributed by atoms with Gasteiger partial charge in [-0.05, 0) is 48.7 Å². The van der Waals surface area contributed by atoms with Gasteiger partial charge in [-0.3, -0.25) is 4.79 Å². The van der Waals surface area contributed by atoms with Gasteiger partial charge in [0.25, 0.3) is 0 Å². The Bertz CT molecular complexity index is 768. The van der Waals surface area contributed by atoms with E-state index in [0.29, 0.717) is 37.4 Å². The SMILES string of the molecule is CCN(Cc1ccc(OC)c(OC)c1)C(=O)CCc1cc(OC)cc(OC)c1. The number of methoxy groups -OCH3 is 4. The summed E-state index contributed by atoms with van der Waals surface area (Å²) in [4.78, 5) is 14.6. The Kier molecular flexibility index (Phi) is 7.99. The Balaban J connectivity index is 2.04. The van der Waals surface area contributed by atoms with Crippen LogP contribution >= 0.6 is 0 Å². The van der Waals surface area contributed by atoms with E-state index in [2.05, 4.69) is 0 Å². The molecule has 0 saturated heterocycles. The van der Waals surface area contributed by atoms with Gasteiger partial charge in [-0.1, -0.05) is 6.07 Å². The lowest BCUT2D eigenvalue weighted by Gasteiger charge is -2.22. The van der Waals surface area contributed by atoms with Gasteiger partial charge < -0.3 is 23.8 Å². The van der Waals surface area contributed by atoms with Crippen LogP contribution in [-0.4, -0.2) is 45.8 Å². The van der Waals surface area contributed by atoms with Gasteiger partial charge >= 0.3 is 0 Å². The second kappa shape index (κ2) is 10.4. The Morgan fingerprint density at radius 1 is 0.821 bits per heavy atom. The maximum atomic E-state index is 12.7. The molecule has 0 fully saturated rings. The van der Waals surface area contributed by atoms with Gasteiger partial charge in [-0.25, -0.2) is 0 Å². The van der Waals surface area contributed by atoms with Crippen molar-refractivity contribution in [3.8, 4) is 23.0 Å². The number of carbonyl (C=O) groups is 1. The van der Waals surface area contributed by atoms with Crippen molar-refractivity contribution in [2.75, 3.05) is 35.0 Å². The number of benzene rings is 2. The van der Waals surface area contributed by atoms with Gasteiger partial charge in [0.1, 0.15) is 11.5 Å². The van der Waals surface area contributed by atoms with Gasteiger partial charge in [0.05, 0.1) is 28.4 Å². The highest BCUT2D eigenvalue weighted by atomic mass is 16.5. The molecule has 0 heterocycles.